The zero-order valence-corrected chi connectivity index (χ0v) is 21.3. The van der Waals surface area contributed by atoms with Crippen LogP contribution >= 0.6 is 11.6 Å². The van der Waals surface area contributed by atoms with E-state index in [9.17, 15) is 18.4 Å². The number of aromatic nitrogens is 2. The zero-order chi connectivity index (χ0) is 26.5. The van der Waals surface area contributed by atoms with E-state index in [1.165, 1.54) is 13.2 Å². The number of methoxy groups -OCH3 is 1. The van der Waals surface area contributed by atoms with E-state index in [1.54, 1.807) is 30.0 Å². The molecule has 1 N–H and O–H groups in total. The van der Waals surface area contributed by atoms with Crippen molar-refractivity contribution in [2.45, 2.75) is 38.6 Å². The maximum Gasteiger partial charge on any atom is 0.258 e. The van der Waals surface area contributed by atoms with Gasteiger partial charge in [-0.05, 0) is 49.6 Å². The predicted octanol–water partition coefficient (Wildman–Crippen LogP) is 4.60. The number of carbonyl (C=O) groups excluding carboxylic acids is 2. The summed E-state index contributed by atoms with van der Waals surface area (Å²) in [7, 11) is 1.45. The van der Waals surface area contributed by atoms with Crippen molar-refractivity contribution in [1.82, 2.24) is 20.2 Å². The molecule has 2 heterocycles. The Morgan fingerprint density at radius 3 is 2.43 bits per heavy atom. The van der Waals surface area contributed by atoms with Crippen LogP contribution in [0.3, 0.4) is 0 Å². The molecule has 0 spiro atoms. The van der Waals surface area contributed by atoms with Crippen molar-refractivity contribution >= 4 is 23.4 Å². The summed E-state index contributed by atoms with van der Waals surface area (Å²) in [6, 6.07) is 10.7. The molecule has 4 rings (SSSR count). The summed E-state index contributed by atoms with van der Waals surface area (Å²) in [4.78, 5) is 36.5. The van der Waals surface area contributed by atoms with Gasteiger partial charge in [-0.3, -0.25) is 9.59 Å². The van der Waals surface area contributed by atoms with Crippen LogP contribution in [0, 0.1) is 18.6 Å². The van der Waals surface area contributed by atoms with Crippen molar-refractivity contribution < 1.29 is 23.1 Å². The molecule has 7 nitrogen and oxygen atoms in total. The van der Waals surface area contributed by atoms with Gasteiger partial charge in [0, 0.05) is 36.1 Å². The van der Waals surface area contributed by atoms with Gasteiger partial charge in [-0.1, -0.05) is 29.8 Å². The van der Waals surface area contributed by atoms with Gasteiger partial charge in [0.05, 0.1) is 19.2 Å². The first-order chi connectivity index (χ1) is 17.8. The lowest BCUT2D eigenvalue weighted by Gasteiger charge is -2.32. The molecule has 1 aliphatic rings. The van der Waals surface area contributed by atoms with Crippen molar-refractivity contribution in [3.05, 3.63) is 87.3 Å². The van der Waals surface area contributed by atoms with E-state index in [1.807, 2.05) is 6.07 Å². The summed E-state index contributed by atoms with van der Waals surface area (Å²) in [5.74, 6) is -1.68. The molecule has 0 atom stereocenters. The smallest absolute Gasteiger partial charge is 0.258 e. The minimum atomic E-state index is -0.736. The Balaban J connectivity index is 1.48. The standard InChI is InChI=1S/C27H27ClF2N4O3/c1-16-32-25(24(27(33-16)37-2)26(36)31-15-17-5-3-6-19(28)13-17)18-9-11-34(12-10-18)23(35)14-20-21(29)7-4-8-22(20)30/h3-8,13,18H,9-12,14-15H2,1-2H3,(H,31,36). The first-order valence-corrected chi connectivity index (χ1v) is 12.3. The van der Waals surface area contributed by atoms with Gasteiger partial charge in [0.1, 0.15) is 23.0 Å². The first-order valence-electron chi connectivity index (χ1n) is 11.9. The first kappa shape index (κ1) is 26.5. The van der Waals surface area contributed by atoms with Crippen LogP contribution in [-0.4, -0.2) is 46.9 Å². The highest BCUT2D eigenvalue weighted by Crippen LogP contribution is 2.33. The minimum Gasteiger partial charge on any atom is -0.480 e. The second-order valence-electron chi connectivity index (χ2n) is 8.88. The Morgan fingerprint density at radius 1 is 1.11 bits per heavy atom. The van der Waals surface area contributed by atoms with Crippen LogP contribution < -0.4 is 10.1 Å². The van der Waals surface area contributed by atoms with Crippen LogP contribution in [0.1, 0.15) is 51.8 Å². The van der Waals surface area contributed by atoms with Crippen LogP contribution in [0.5, 0.6) is 5.88 Å². The molecule has 0 unspecified atom stereocenters. The third-order valence-corrected chi connectivity index (χ3v) is 6.64. The number of nitrogens with one attached hydrogen (secondary N) is 1. The molecule has 1 aliphatic heterocycles. The Kier molecular flexibility index (Phi) is 8.33. The van der Waals surface area contributed by atoms with Crippen LogP contribution in [-0.2, 0) is 17.8 Å². The van der Waals surface area contributed by atoms with Crippen molar-refractivity contribution in [3.63, 3.8) is 0 Å². The van der Waals surface area contributed by atoms with E-state index < -0.39 is 11.6 Å². The molecule has 0 radical (unpaired) electrons. The number of benzene rings is 2. The number of ether oxygens (including phenoxy) is 1. The Bertz CT molecular complexity index is 1290. The number of halogens is 3. The maximum atomic E-state index is 14.0. The van der Waals surface area contributed by atoms with Gasteiger partial charge in [0.2, 0.25) is 11.8 Å². The molecule has 0 bridgehead atoms. The second-order valence-corrected chi connectivity index (χ2v) is 9.32. The number of amides is 2. The molecule has 1 aromatic heterocycles. The van der Waals surface area contributed by atoms with Crippen molar-refractivity contribution in [1.29, 1.82) is 0 Å². The van der Waals surface area contributed by atoms with Gasteiger partial charge in [-0.2, -0.15) is 4.98 Å². The van der Waals surface area contributed by atoms with Crippen LogP contribution in [0.4, 0.5) is 8.78 Å². The largest absolute Gasteiger partial charge is 0.480 e. The summed E-state index contributed by atoms with van der Waals surface area (Å²) in [5.41, 5.74) is 1.42. The Hall–Kier alpha value is -3.59. The van der Waals surface area contributed by atoms with Gasteiger partial charge in [-0.15, -0.1) is 0 Å². The third-order valence-electron chi connectivity index (χ3n) is 6.40. The molecular formula is C27H27ClF2N4O3. The fraction of sp³-hybridized carbons (Fsp3) is 0.333. The summed E-state index contributed by atoms with van der Waals surface area (Å²) < 4.78 is 33.4. The highest BCUT2D eigenvalue weighted by atomic mass is 35.5. The number of carbonyl (C=O) groups is 2. The van der Waals surface area contributed by atoms with E-state index in [2.05, 4.69) is 15.3 Å². The molecular weight excluding hydrogens is 502 g/mol. The quantitative estimate of drug-likeness (QED) is 0.484. The SMILES string of the molecule is COc1nc(C)nc(C2CCN(C(=O)Cc3c(F)cccc3F)CC2)c1C(=O)NCc1cccc(Cl)c1. The molecule has 2 aromatic carbocycles. The number of aryl methyl sites for hydroxylation is 1. The maximum absolute atomic E-state index is 14.0. The van der Waals surface area contributed by atoms with E-state index in [0.717, 1.165) is 17.7 Å². The lowest BCUT2D eigenvalue weighted by atomic mass is 9.90. The molecule has 0 saturated carbocycles. The number of likely N-dealkylation sites (tertiary alicyclic amines) is 1. The topological polar surface area (TPSA) is 84.4 Å². The normalized spacial score (nSPS) is 13.9. The molecule has 3 aromatic rings. The molecule has 1 fully saturated rings. The lowest BCUT2D eigenvalue weighted by Crippen LogP contribution is -2.39. The van der Waals surface area contributed by atoms with E-state index in [0.29, 0.717) is 42.5 Å². The summed E-state index contributed by atoms with van der Waals surface area (Å²) in [6.45, 7) is 2.72. The number of hydrogen-bond donors (Lipinski definition) is 1. The van der Waals surface area contributed by atoms with Crippen molar-refractivity contribution in [2.24, 2.45) is 0 Å². The molecule has 37 heavy (non-hydrogen) atoms. The third kappa shape index (κ3) is 6.22. The van der Waals surface area contributed by atoms with Crippen LogP contribution in [0.2, 0.25) is 5.02 Å². The van der Waals surface area contributed by atoms with Gasteiger partial charge >= 0.3 is 0 Å². The molecule has 10 heteroatoms. The van der Waals surface area contributed by atoms with Gasteiger partial charge in [-0.25, -0.2) is 13.8 Å². The fourth-order valence-corrected chi connectivity index (χ4v) is 4.72. The molecule has 0 aliphatic carbocycles. The summed E-state index contributed by atoms with van der Waals surface area (Å²) in [6.07, 6.45) is 0.708. The van der Waals surface area contributed by atoms with E-state index in [-0.39, 0.29) is 47.7 Å². The lowest BCUT2D eigenvalue weighted by molar-refractivity contribution is -0.131. The number of nitrogens with zero attached hydrogens (tertiary/aromatic N) is 3. The van der Waals surface area contributed by atoms with Crippen LogP contribution in [0.15, 0.2) is 42.5 Å². The Labute approximate surface area is 218 Å². The van der Waals surface area contributed by atoms with E-state index in [4.69, 9.17) is 16.3 Å². The minimum absolute atomic E-state index is 0.128. The second kappa shape index (κ2) is 11.6. The fourth-order valence-electron chi connectivity index (χ4n) is 4.51. The number of piperidine rings is 1. The van der Waals surface area contributed by atoms with Gasteiger partial charge in [0.25, 0.3) is 5.91 Å². The highest BCUT2D eigenvalue weighted by Gasteiger charge is 2.31. The predicted molar refractivity (Wildman–Crippen MR) is 135 cm³/mol. The average molecular weight is 529 g/mol. The van der Waals surface area contributed by atoms with Crippen molar-refractivity contribution in [3.8, 4) is 5.88 Å². The molecule has 2 amide bonds. The number of hydrogen-bond acceptors (Lipinski definition) is 5. The Morgan fingerprint density at radius 2 is 1.78 bits per heavy atom. The van der Waals surface area contributed by atoms with E-state index >= 15 is 0 Å². The molecule has 1 saturated heterocycles. The monoisotopic (exact) mass is 528 g/mol. The zero-order valence-electron chi connectivity index (χ0n) is 20.6. The number of rotatable bonds is 7. The highest BCUT2D eigenvalue weighted by molar-refractivity contribution is 6.30. The van der Waals surface area contributed by atoms with Gasteiger partial charge in [0.15, 0.2) is 0 Å². The summed E-state index contributed by atoms with van der Waals surface area (Å²) in [5, 5.41) is 3.46. The van der Waals surface area contributed by atoms with Crippen molar-refractivity contribution in [2.75, 3.05) is 20.2 Å². The van der Waals surface area contributed by atoms with Gasteiger partial charge < -0.3 is 15.0 Å². The summed E-state index contributed by atoms with van der Waals surface area (Å²) >= 11 is 6.05. The average Bonchev–Trinajstić information content (AvgIpc) is 2.89. The molecule has 194 valence electrons. The van der Waals surface area contributed by atoms with Crippen LogP contribution in [0.25, 0.3) is 0 Å².